The largest absolute Gasteiger partial charge is 0.367 e. The van der Waals surface area contributed by atoms with E-state index < -0.39 is 12.0 Å². The molecule has 0 unspecified atom stereocenters. The molecule has 2 aromatic heterocycles. The highest BCUT2D eigenvalue weighted by atomic mass is 16.5. The molecule has 1 saturated heterocycles. The van der Waals surface area contributed by atoms with Crippen LogP contribution in [0.5, 0.6) is 0 Å². The van der Waals surface area contributed by atoms with Crippen molar-refractivity contribution in [3.63, 3.8) is 0 Å². The van der Waals surface area contributed by atoms with Crippen molar-refractivity contribution in [3.8, 4) is 0 Å². The Morgan fingerprint density at radius 2 is 2.43 bits per heavy atom. The second-order valence-corrected chi connectivity index (χ2v) is 5.01. The maximum atomic E-state index is 12.0. The van der Waals surface area contributed by atoms with Crippen LogP contribution in [0.15, 0.2) is 11.0 Å². The lowest BCUT2D eigenvalue weighted by Crippen LogP contribution is -2.48. The third-order valence-electron chi connectivity index (χ3n) is 3.49. The van der Waals surface area contributed by atoms with Crippen molar-refractivity contribution in [1.82, 2.24) is 24.6 Å². The Labute approximate surface area is 119 Å². The molecule has 1 aliphatic rings. The molecule has 0 spiro atoms. The second kappa shape index (κ2) is 5.26. The molecule has 112 valence electrons. The van der Waals surface area contributed by atoms with Gasteiger partial charge in [-0.05, 0) is 0 Å². The van der Waals surface area contributed by atoms with E-state index in [-0.39, 0.29) is 5.56 Å². The molecule has 0 radical (unpaired) electrons. The monoisotopic (exact) mass is 292 g/mol. The first-order chi connectivity index (χ1) is 10.0. The van der Waals surface area contributed by atoms with E-state index in [4.69, 9.17) is 10.5 Å². The number of aryl methyl sites for hydroxylation is 1. The first kappa shape index (κ1) is 13.7. The Bertz CT molecular complexity index is 736. The highest BCUT2D eigenvalue weighted by molar-refractivity contribution is 5.79. The van der Waals surface area contributed by atoms with Crippen LogP contribution >= 0.6 is 0 Å². The molecule has 9 nitrogen and oxygen atoms in total. The van der Waals surface area contributed by atoms with Crippen LogP contribution < -0.4 is 11.3 Å². The van der Waals surface area contributed by atoms with Gasteiger partial charge >= 0.3 is 0 Å². The van der Waals surface area contributed by atoms with Crippen LogP contribution in [0.2, 0.25) is 0 Å². The zero-order valence-corrected chi connectivity index (χ0v) is 11.6. The van der Waals surface area contributed by atoms with Crippen LogP contribution in [0.25, 0.3) is 11.0 Å². The molecular weight excluding hydrogens is 276 g/mol. The molecule has 3 heterocycles. The molecule has 1 atom stereocenters. The van der Waals surface area contributed by atoms with Crippen molar-refractivity contribution >= 4 is 16.9 Å². The van der Waals surface area contributed by atoms with Gasteiger partial charge in [0.1, 0.15) is 17.3 Å². The van der Waals surface area contributed by atoms with Crippen LogP contribution in [0.1, 0.15) is 5.82 Å². The average molecular weight is 292 g/mol. The number of aromatic nitrogens is 4. The van der Waals surface area contributed by atoms with E-state index >= 15 is 0 Å². The summed E-state index contributed by atoms with van der Waals surface area (Å²) in [5.74, 6) is 0.0458. The third kappa shape index (κ3) is 2.65. The van der Waals surface area contributed by atoms with Crippen molar-refractivity contribution in [2.75, 3.05) is 19.7 Å². The maximum absolute atomic E-state index is 12.0. The highest BCUT2D eigenvalue weighted by Crippen LogP contribution is 2.09. The van der Waals surface area contributed by atoms with Gasteiger partial charge in [0.2, 0.25) is 5.91 Å². The van der Waals surface area contributed by atoms with Crippen LogP contribution in [0, 0.1) is 0 Å². The number of nitrogens with two attached hydrogens (primary N) is 1. The van der Waals surface area contributed by atoms with Crippen LogP contribution in [-0.2, 0) is 23.1 Å². The number of hydrogen-bond donors (Lipinski definition) is 2. The first-order valence-corrected chi connectivity index (χ1v) is 6.59. The number of primary amides is 1. The lowest BCUT2D eigenvalue weighted by Gasteiger charge is -2.30. The van der Waals surface area contributed by atoms with Gasteiger partial charge in [-0.15, -0.1) is 0 Å². The summed E-state index contributed by atoms with van der Waals surface area (Å²) < 4.78 is 6.84. The molecule has 1 fully saturated rings. The number of amides is 1. The number of rotatable bonds is 3. The SMILES string of the molecule is Cn1ncc2c(=O)[nH]c(CN3CCO[C@H](C(N)=O)C3)nc21. The van der Waals surface area contributed by atoms with Gasteiger partial charge in [-0.2, -0.15) is 5.10 Å². The van der Waals surface area contributed by atoms with Gasteiger partial charge in [0.05, 0.1) is 19.3 Å². The predicted octanol–water partition coefficient (Wildman–Crippen LogP) is -1.66. The average Bonchev–Trinajstić information content (AvgIpc) is 2.81. The van der Waals surface area contributed by atoms with Gasteiger partial charge in [-0.25, -0.2) is 4.98 Å². The zero-order valence-electron chi connectivity index (χ0n) is 11.6. The van der Waals surface area contributed by atoms with Crippen molar-refractivity contribution in [2.45, 2.75) is 12.6 Å². The van der Waals surface area contributed by atoms with E-state index in [1.54, 1.807) is 11.7 Å². The summed E-state index contributed by atoms with van der Waals surface area (Å²) >= 11 is 0. The predicted molar refractivity (Wildman–Crippen MR) is 73.3 cm³/mol. The number of carbonyl (C=O) groups is 1. The van der Waals surface area contributed by atoms with E-state index in [1.165, 1.54) is 6.20 Å². The maximum Gasteiger partial charge on any atom is 0.262 e. The molecule has 3 rings (SSSR count). The summed E-state index contributed by atoms with van der Waals surface area (Å²) in [6.45, 7) is 1.88. The molecule has 21 heavy (non-hydrogen) atoms. The van der Waals surface area contributed by atoms with Gasteiger partial charge in [0, 0.05) is 20.1 Å². The lowest BCUT2D eigenvalue weighted by molar-refractivity contribution is -0.135. The fourth-order valence-electron chi connectivity index (χ4n) is 2.38. The number of carbonyl (C=O) groups excluding carboxylic acids is 1. The Balaban J connectivity index is 1.83. The zero-order chi connectivity index (χ0) is 15.0. The van der Waals surface area contributed by atoms with Gasteiger partial charge in [0.25, 0.3) is 5.56 Å². The molecule has 9 heteroatoms. The molecule has 1 aliphatic heterocycles. The minimum atomic E-state index is -0.620. The highest BCUT2D eigenvalue weighted by Gasteiger charge is 2.25. The quantitative estimate of drug-likeness (QED) is 0.699. The molecular formula is C12H16N6O3. The summed E-state index contributed by atoms with van der Waals surface area (Å²) in [5, 5.41) is 4.48. The molecule has 2 aromatic rings. The topological polar surface area (TPSA) is 119 Å². The first-order valence-electron chi connectivity index (χ1n) is 6.59. The fraction of sp³-hybridized carbons (Fsp3) is 0.500. The van der Waals surface area contributed by atoms with Crippen molar-refractivity contribution < 1.29 is 9.53 Å². The van der Waals surface area contributed by atoms with E-state index in [1.807, 2.05) is 4.90 Å². The summed E-state index contributed by atoms with van der Waals surface area (Å²) in [7, 11) is 1.73. The molecule has 0 saturated carbocycles. The molecule has 1 amide bonds. The van der Waals surface area contributed by atoms with Crippen molar-refractivity contribution in [3.05, 3.63) is 22.4 Å². The van der Waals surface area contributed by atoms with Gasteiger partial charge < -0.3 is 15.5 Å². The number of hydrogen-bond acceptors (Lipinski definition) is 6. The third-order valence-corrected chi connectivity index (χ3v) is 3.49. The summed E-state index contributed by atoms with van der Waals surface area (Å²) in [6, 6.07) is 0. The lowest BCUT2D eigenvalue weighted by atomic mass is 10.2. The van der Waals surface area contributed by atoms with Crippen LogP contribution in [0.4, 0.5) is 0 Å². The molecule has 0 aromatic carbocycles. The number of morpholine rings is 1. The number of fused-ring (bicyclic) bond motifs is 1. The summed E-state index contributed by atoms with van der Waals surface area (Å²) in [6.07, 6.45) is 0.869. The molecule has 0 aliphatic carbocycles. The minimum Gasteiger partial charge on any atom is -0.367 e. The van der Waals surface area contributed by atoms with Crippen LogP contribution in [0.3, 0.4) is 0 Å². The Morgan fingerprint density at radius 3 is 3.19 bits per heavy atom. The van der Waals surface area contributed by atoms with E-state index in [2.05, 4.69) is 15.1 Å². The number of nitrogens with one attached hydrogen (secondary N) is 1. The smallest absolute Gasteiger partial charge is 0.262 e. The summed E-state index contributed by atoms with van der Waals surface area (Å²) in [4.78, 5) is 32.3. The number of aromatic amines is 1. The number of H-pyrrole nitrogens is 1. The number of ether oxygens (including phenoxy) is 1. The van der Waals surface area contributed by atoms with E-state index in [0.717, 1.165) is 0 Å². The molecule has 3 N–H and O–H groups in total. The van der Waals surface area contributed by atoms with Crippen molar-refractivity contribution in [2.24, 2.45) is 12.8 Å². The Kier molecular flexibility index (Phi) is 3.43. The van der Waals surface area contributed by atoms with Crippen molar-refractivity contribution in [1.29, 1.82) is 0 Å². The fourth-order valence-corrected chi connectivity index (χ4v) is 2.38. The summed E-state index contributed by atoms with van der Waals surface area (Å²) in [5.41, 5.74) is 5.57. The van der Waals surface area contributed by atoms with Gasteiger partial charge in [-0.1, -0.05) is 0 Å². The normalized spacial score (nSPS) is 20.0. The Morgan fingerprint density at radius 1 is 1.62 bits per heavy atom. The number of nitrogens with zero attached hydrogens (tertiary/aromatic N) is 4. The van der Waals surface area contributed by atoms with E-state index in [9.17, 15) is 9.59 Å². The molecule has 0 bridgehead atoms. The Hall–Kier alpha value is -2.26. The standard InChI is InChI=1S/C12H16N6O3/c1-17-11-7(4-14-17)12(20)16-9(15-11)6-18-2-3-21-8(5-18)10(13)19/h4,8H,2-3,5-6H2,1H3,(H2,13,19)(H,15,16,20)/t8-/m0/s1. The van der Waals surface area contributed by atoms with Crippen LogP contribution in [-0.4, -0.2) is 56.4 Å². The van der Waals surface area contributed by atoms with E-state index in [0.29, 0.717) is 43.1 Å². The minimum absolute atomic E-state index is 0.220. The second-order valence-electron chi connectivity index (χ2n) is 5.01. The van der Waals surface area contributed by atoms with Gasteiger partial charge in [0.15, 0.2) is 5.65 Å². The van der Waals surface area contributed by atoms with Gasteiger partial charge in [-0.3, -0.25) is 19.2 Å².